The van der Waals surface area contributed by atoms with Crippen LogP contribution in [0.2, 0.25) is 0 Å². The van der Waals surface area contributed by atoms with Gasteiger partial charge in [0, 0.05) is 6.61 Å². The molecule has 6 nitrogen and oxygen atoms in total. The maximum Gasteiger partial charge on any atom is 0.421 e. The molecule has 0 bridgehead atoms. The summed E-state index contributed by atoms with van der Waals surface area (Å²) in [5.74, 6) is 0. The average Bonchev–Trinajstić information content (AvgIpc) is 2.91. The van der Waals surface area contributed by atoms with E-state index >= 15 is 0 Å². The Balaban J connectivity index is 2.63. The van der Waals surface area contributed by atoms with E-state index in [1.165, 1.54) is 0 Å². The highest BCUT2D eigenvalue weighted by Crippen LogP contribution is 2.46. The number of hydrogen-bond donors (Lipinski definition) is 2. The number of amides is 1. The van der Waals surface area contributed by atoms with Gasteiger partial charge in [-0.3, -0.25) is 0 Å². The lowest BCUT2D eigenvalue weighted by atomic mass is 10.2. The Morgan fingerprint density at radius 2 is 1.94 bits per heavy atom. The quantitative estimate of drug-likeness (QED) is 0.787. The predicted molar refractivity (Wildman–Crippen MR) is 66.6 cm³/mol. The third-order valence-corrected chi connectivity index (χ3v) is 4.97. The summed E-state index contributed by atoms with van der Waals surface area (Å²) in [6, 6.07) is 0. The molecule has 0 radical (unpaired) electrons. The highest BCUT2D eigenvalue weighted by atomic mass is 32.2. The number of aliphatic hydroxyl groups excluding tert-OH is 1. The molecule has 1 rings (SSSR count). The fraction of sp³-hybridized carbons (Fsp3) is 0.909. The Morgan fingerprint density at radius 3 is 2.33 bits per heavy atom. The van der Waals surface area contributed by atoms with Crippen LogP contribution in [0.25, 0.3) is 0 Å². The lowest BCUT2D eigenvalue weighted by molar-refractivity contribution is 0.0569. The van der Waals surface area contributed by atoms with Gasteiger partial charge in [-0.15, -0.1) is 0 Å². The molecule has 1 fully saturated rings. The number of ether oxygens (including phenoxy) is 1. The summed E-state index contributed by atoms with van der Waals surface area (Å²) in [5.41, 5.74) is -0.735. The van der Waals surface area contributed by atoms with E-state index in [4.69, 9.17) is 9.84 Å². The summed E-state index contributed by atoms with van der Waals surface area (Å²) in [5, 5.41) is 8.75. The van der Waals surface area contributed by atoms with Crippen molar-refractivity contribution < 1.29 is 23.1 Å². The van der Waals surface area contributed by atoms with E-state index in [1.54, 1.807) is 20.8 Å². The molecular weight excluding hydrogens is 258 g/mol. The largest absolute Gasteiger partial charge is 0.443 e. The molecule has 18 heavy (non-hydrogen) atoms. The van der Waals surface area contributed by atoms with Crippen LogP contribution in [0, 0.1) is 0 Å². The normalized spacial score (nSPS) is 18.2. The molecule has 0 aromatic heterocycles. The van der Waals surface area contributed by atoms with Gasteiger partial charge in [0.2, 0.25) is 10.0 Å². The molecule has 0 aromatic rings. The molecule has 0 aromatic carbocycles. The van der Waals surface area contributed by atoms with Crippen molar-refractivity contribution >= 4 is 16.1 Å². The molecule has 1 saturated carbocycles. The molecule has 0 spiro atoms. The molecule has 0 unspecified atom stereocenters. The SMILES string of the molecule is CC(C)(C)OC(=O)NS(=O)(=O)C1(CCCO)CC1. The maximum absolute atomic E-state index is 12.0. The van der Waals surface area contributed by atoms with Gasteiger partial charge in [0.05, 0.1) is 4.75 Å². The van der Waals surface area contributed by atoms with Crippen molar-refractivity contribution in [1.29, 1.82) is 0 Å². The molecular formula is C11H21NO5S. The van der Waals surface area contributed by atoms with E-state index in [-0.39, 0.29) is 6.61 Å². The standard InChI is InChI=1S/C11H21NO5S/c1-10(2,3)17-9(14)12-18(15,16)11(6-7-11)5-4-8-13/h13H,4-8H2,1-3H3,(H,12,14). The number of aliphatic hydroxyl groups is 1. The van der Waals surface area contributed by atoms with Crippen molar-refractivity contribution in [3.63, 3.8) is 0 Å². The van der Waals surface area contributed by atoms with Gasteiger partial charge in [-0.25, -0.2) is 17.9 Å². The van der Waals surface area contributed by atoms with Crippen molar-refractivity contribution in [2.75, 3.05) is 6.61 Å². The third-order valence-electron chi connectivity index (χ3n) is 2.78. The van der Waals surface area contributed by atoms with Crippen molar-refractivity contribution in [1.82, 2.24) is 4.72 Å². The Morgan fingerprint density at radius 1 is 1.39 bits per heavy atom. The second kappa shape index (κ2) is 5.05. The van der Waals surface area contributed by atoms with Crippen LogP contribution in [0.1, 0.15) is 46.5 Å². The van der Waals surface area contributed by atoms with Crippen LogP contribution in [0.4, 0.5) is 4.79 Å². The molecule has 0 aliphatic heterocycles. The first-order valence-corrected chi connectivity index (χ1v) is 7.46. The zero-order chi connectivity index (χ0) is 14.0. The second-order valence-corrected chi connectivity index (χ2v) is 7.69. The Labute approximate surface area is 108 Å². The molecule has 2 N–H and O–H groups in total. The number of hydrogen-bond acceptors (Lipinski definition) is 5. The fourth-order valence-corrected chi connectivity index (χ4v) is 3.24. The van der Waals surface area contributed by atoms with Gasteiger partial charge in [-0.1, -0.05) is 0 Å². The minimum absolute atomic E-state index is 0.0519. The van der Waals surface area contributed by atoms with Gasteiger partial charge in [-0.2, -0.15) is 0 Å². The van der Waals surface area contributed by atoms with Crippen LogP contribution >= 0.6 is 0 Å². The van der Waals surface area contributed by atoms with E-state index in [2.05, 4.69) is 0 Å². The van der Waals surface area contributed by atoms with Crippen LogP contribution in [0.3, 0.4) is 0 Å². The minimum Gasteiger partial charge on any atom is -0.443 e. The highest BCUT2D eigenvalue weighted by Gasteiger charge is 2.54. The summed E-state index contributed by atoms with van der Waals surface area (Å²) in [7, 11) is -3.73. The highest BCUT2D eigenvalue weighted by molar-refractivity contribution is 7.91. The molecule has 1 aliphatic carbocycles. The molecule has 1 aliphatic rings. The summed E-state index contributed by atoms with van der Waals surface area (Å²) >= 11 is 0. The van der Waals surface area contributed by atoms with E-state index in [9.17, 15) is 13.2 Å². The van der Waals surface area contributed by atoms with Crippen molar-refractivity contribution in [3.8, 4) is 0 Å². The first-order chi connectivity index (χ1) is 8.12. The van der Waals surface area contributed by atoms with Crippen molar-refractivity contribution in [2.24, 2.45) is 0 Å². The summed E-state index contributed by atoms with van der Waals surface area (Å²) < 4.78 is 30.0. The molecule has 0 saturated heterocycles. The molecule has 0 heterocycles. The maximum atomic E-state index is 12.0. The summed E-state index contributed by atoms with van der Waals surface area (Å²) in [6.07, 6.45) is 0.866. The van der Waals surface area contributed by atoms with Crippen LogP contribution < -0.4 is 4.72 Å². The van der Waals surface area contributed by atoms with Crippen molar-refractivity contribution in [2.45, 2.75) is 56.8 Å². The fourth-order valence-electron chi connectivity index (χ4n) is 1.71. The van der Waals surface area contributed by atoms with Gasteiger partial charge in [0.25, 0.3) is 0 Å². The van der Waals surface area contributed by atoms with E-state index in [0.717, 1.165) is 0 Å². The Bertz CT molecular complexity index is 406. The van der Waals surface area contributed by atoms with Gasteiger partial charge >= 0.3 is 6.09 Å². The average molecular weight is 279 g/mol. The first kappa shape index (κ1) is 15.2. The van der Waals surface area contributed by atoms with E-state index in [0.29, 0.717) is 25.7 Å². The number of rotatable bonds is 5. The molecule has 0 atom stereocenters. The van der Waals surface area contributed by atoms with Crippen LogP contribution in [-0.2, 0) is 14.8 Å². The zero-order valence-electron chi connectivity index (χ0n) is 11.0. The molecule has 7 heteroatoms. The first-order valence-electron chi connectivity index (χ1n) is 5.98. The zero-order valence-corrected chi connectivity index (χ0v) is 11.8. The number of nitrogens with one attached hydrogen (secondary N) is 1. The molecule has 1 amide bonds. The van der Waals surface area contributed by atoms with Crippen LogP contribution in [0.5, 0.6) is 0 Å². The van der Waals surface area contributed by atoms with Gasteiger partial charge < -0.3 is 9.84 Å². The van der Waals surface area contributed by atoms with Crippen LogP contribution in [-0.4, -0.2) is 36.6 Å². The lowest BCUT2D eigenvalue weighted by Crippen LogP contribution is -2.42. The smallest absolute Gasteiger partial charge is 0.421 e. The monoisotopic (exact) mass is 279 g/mol. The minimum atomic E-state index is -3.73. The Kier molecular flexibility index (Phi) is 4.27. The Hall–Kier alpha value is -0.820. The number of carbonyl (C=O) groups is 1. The van der Waals surface area contributed by atoms with Gasteiger partial charge in [0.15, 0.2) is 0 Å². The van der Waals surface area contributed by atoms with Crippen LogP contribution in [0.15, 0.2) is 0 Å². The topological polar surface area (TPSA) is 92.7 Å². The third kappa shape index (κ3) is 3.84. The lowest BCUT2D eigenvalue weighted by Gasteiger charge is -2.21. The number of carbonyl (C=O) groups excluding carboxylic acids is 1. The van der Waals surface area contributed by atoms with E-state index in [1.807, 2.05) is 4.72 Å². The predicted octanol–water partition coefficient (Wildman–Crippen LogP) is 1.15. The van der Waals surface area contributed by atoms with Crippen molar-refractivity contribution in [3.05, 3.63) is 0 Å². The van der Waals surface area contributed by atoms with Gasteiger partial charge in [0.1, 0.15) is 5.60 Å². The van der Waals surface area contributed by atoms with E-state index < -0.39 is 26.5 Å². The number of sulfonamides is 1. The summed E-state index contributed by atoms with van der Waals surface area (Å²) in [6.45, 7) is 4.94. The second-order valence-electron chi connectivity index (χ2n) is 5.62. The van der Waals surface area contributed by atoms with Gasteiger partial charge in [-0.05, 0) is 46.5 Å². The molecule has 106 valence electrons. The summed E-state index contributed by atoms with van der Waals surface area (Å²) in [4.78, 5) is 11.5.